The van der Waals surface area contributed by atoms with Crippen molar-refractivity contribution in [2.24, 2.45) is 40.4 Å². The first kappa shape index (κ1) is 15.9. The summed E-state index contributed by atoms with van der Waals surface area (Å²) in [5.41, 5.74) is -0.524. The lowest BCUT2D eigenvalue weighted by Gasteiger charge is -2.68. The molecule has 0 aromatic rings. The minimum absolute atomic E-state index is 0.00584. The minimum Gasteiger partial charge on any atom is -0.392 e. The Morgan fingerprint density at radius 3 is 2.64 bits per heavy atom. The first-order valence-corrected chi connectivity index (χ1v) is 10.7. The van der Waals surface area contributed by atoms with Crippen molar-refractivity contribution in [2.45, 2.75) is 76.2 Å². The van der Waals surface area contributed by atoms with E-state index in [1.54, 1.807) is 0 Å². The highest BCUT2D eigenvalue weighted by Crippen LogP contribution is 2.78. The number of nitrogens with zero attached hydrogens (tertiary/aromatic N) is 1. The van der Waals surface area contributed by atoms with Gasteiger partial charge in [-0.3, -0.25) is 4.90 Å². The zero-order chi connectivity index (χ0) is 17.4. The van der Waals surface area contributed by atoms with Gasteiger partial charge in [-0.25, -0.2) is 0 Å². The number of hydrogen-bond donors (Lipinski definition) is 3. The van der Waals surface area contributed by atoms with Crippen molar-refractivity contribution in [1.29, 1.82) is 0 Å². The molecule has 2 unspecified atom stereocenters. The fraction of sp³-hybridized carbons (Fsp3) is 1.00. The molecule has 0 aromatic carbocycles. The van der Waals surface area contributed by atoms with E-state index in [2.05, 4.69) is 18.7 Å². The number of hydrogen-bond acceptors (Lipinski definition) is 4. The summed E-state index contributed by atoms with van der Waals surface area (Å²) in [4.78, 5) is 2.63. The zero-order valence-corrected chi connectivity index (χ0v) is 15.6. The summed E-state index contributed by atoms with van der Waals surface area (Å²) in [7, 11) is 0. The predicted octanol–water partition coefficient (Wildman–Crippen LogP) is 1.63. The third-order valence-electron chi connectivity index (χ3n) is 10.4. The van der Waals surface area contributed by atoms with E-state index < -0.39 is 5.60 Å². The normalized spacial score (nSPS) is 67.6. The lowest BCUT2D eigenvalue weighted by molar-refractivity contribution is -0.260. The quantitative estimate of drug-likeness (QED) is 0.675. The molecule has 1 aliphatic heterocycles. The first-order valence-electron chi connectivity index (χ1n) is 10.7. The molecule has 5 aliphatic carbocycles. The van der Waals surface area contributed by atoms with Gasteiger partial charge >= 0.3 is 0 Å². The Hall–Kier alpha value is -0.160. The van der Waals surface area contributed by atoms with Crippen LogP contribution >= 0.6 is 0 Å². The molecule has 140 valence electrons. The van der Waals surface area contributed by atoms with Crippen LogP contribution in [-0.4, -0.2) is 57.2 Å². The van der Waals surface area contributed by atoms with E-state index in [4.69, 9.17) is 0 Å². The summed E-state index contributed by atoms with van der Waals surface area (Å²) in [5, 5.41) is 34.4. The van der Waals surface area contributed by atoms with Crippen molar-refractivity contribution in [1.82, 2.24) is 4.90 Å². The molecular formula is C21H33NO3. The van der Waals surface area contributed by atoms with E-state index in [9.17, 15) is 15.3 Å². The third kappa shape index (κ3) is 1.44. The van der Waals surface area contributed by atoms with Crippen LogP contribution in [0.3, 0.4) is 0 Å². The fourth-order valence-corrected chi connectivity index (χ4v) is 9.79. The molecule has 6 rings (SSSR count). The van der Waals surface area contributed by atoms with Crippen LogP contribution in [0.4, 0.5) is 0 Å². The van der Waals surface area contributed by atoms with Gasteiger partial charge < -0.3 is 15.3 Å². The number of rotatable bonds is 1. The fourth-order valence-electron chi connectivity index (χ4n) is 9.79. The highest BCUT2D eigenvalue weighted by Gasteiger charge is 2.81. The lowest BCUT2D eigenvalue weighted by atomic mass is 9.43. The highest BCUT2D eigenvalue weighted by atomic mass is 16.3. The van der Waals surface area contributed by atoms with Crippen molar-refractivity contribution in [3.63, 3.8) is 0 Å². The Labute approximate surface area is 150 Å². The van der Waals surface area contributed by atoms with E-state index in [-0.39, 0.29) is 34.9 Å². The van der Waals surface area contributed by atoms with E-state index in [0.29, 0.717) is 23.8 Å². The van der Waals surface area contributed by atoms with E-state index in [1.807, 2.05) is 0 Å². The van der Waals surface area contributed by atoms with Crippen LogP contribution in [0, 0.1) is 40.4 Å². The molecule has 7 bridgehead atoms. The van der Waals surface area contributed by atoms with Crippen LogP contribution in [0.15, 0.2) is 0 Å². The molecule has 1 heterocycles. The second-order valence-electron chi connectivity index (χ2n) is 10.8. The maximum Gasteiger partial charge on any atom is 0.0746 e. The van der Waals surface area contributed by atoms with Gasteiger partial charge in [0.1, 0.15) is 0 Å². The lowest BCUT2D eigenvalue weighted by Crippen LogP contribution is -2.75. The maximum absolute atomic E-state index is 11.9. The third-order valence-corrected chi connectivity index (χ3v) is 10.4. The minimum atomic E-state index is -0.706. The van der Waals surface area contributed by atoms with Crippen molar-refractivity contribution < 1.29 is 15.3 Å². The molecule has 4 nitrogen and oxygen atoms in total. The van der Waals surface area contributed by atoms with E-state index >= 15 is 0 Å². The number of fused-ring (bicyclic) bond motifs is 2. The van der Waals surface area contributed by atoms with E-state index in [0.717, 1.165) is 51.6 Å². The van der Waals surface area contributed by atoms with Crippen molar-refractivity contribution in [2.75, 3.05) is 13.1 Å². The molecule has 1 spiro atoms. The maximum atomic E-state index is 11.9. The number of likely N-dealkylation sites (tertiary alicyclic amines) is 1. The summed E-state index contributed by atoms with van der Waals surface area (Å²) in [6.45, 7) is 6.84. The van der Waals surface area contributed by atoms with Crippen LogP contribution in [-0.2, 0) is 0 Å². The van der Waals surface area contributed by atoms with Crippen molar-refractivity contribution in [3.8, 4) is 0 Å². The topological polar surface area (TPSA) is 63.9 Å². The van der Waals surface area contributed by atoms with Gasteiger partial charge in [0.05, 0.1) is 17.8 Å². The predicted molar refractivity (Wildman–Crippen MR) is 93.7 cm³/mol. The van der Waals surface area contributed by atoms with Gasteiger partial charge in [0, 0.05) is 29.8 Å². The average Bonchev–Trinajstić information content (AvgIpc) is 3.00. The molecular weight excluding hydrogens is 314 g/mol. The summed E-state index contributed by atoms with van der Waals surface area (Å²) in [6.07, 6.45) is 5.34. The van der Waals surface area contributed by atoms with Crippen LogP contribution in [0.2, 0.25) is 0 Å². The molecule has 11 atom stereocenters. The molecule has 5 saturated carbocycles. The Bertz CT molecular complexity index is 626. The Balaban J connectivity index is 1.62. The molecule has 0 radical (unpaired) electrons. The first-order chi connectivity index (χ1) is 11.9. The smallest absolute Gasteiger partial charge is 0.0746 e. The molecule has 6 aliphatic rings. The van der Waals surface area contributed by atoms with Gasteiger partial charge in [-0.05, 0) is 68.2 Å². The van der Waals surface area contributed by atoms with Crippen molar-refractivity contribution >= 4 is 0 Å². The van der Waals surface area contributed by atoms with E-state index in [1.165, 1.54) is 0 Å². The van der Waals surface area contributed by atoms with Gasteiger partial charge in [0.15, 0.2) is 0 Å². The van der Waals surface area contributed by atoms with Crippen LogP contribution < -0.4 is 0 Å². The summed E-state index contributed by atoms with van der Waals surface area (Å²) in [6, 6.07) is 0.321. The van der Waals surface area contributed by atoms with Gasteiger partial charge in [-0.15, -0.1) is 0 Å². The second kappa shape index (κ2) is 4.45. The van der Waals surface area contributed by atoms with Crippen LogP contribution in [0.1, 0.15) is 52.4 Å². The highest BCUT2D eigenvalue weighted by molar-refractivity contribution is 5.31. The molecule has 3 N–H and O–H groups in total. The molecule has 25 heavy (non-hydrogen) atoms. The molecule has 0 amide bonds. The van der Waals surface area contributed by atoms with Crippen molar-refractivity contribution in [3.05, 3.63) is 0 Å². The largest absolute Gasteiger partial charge is 0.392 e. The number of aliphatic hydroxyl groups is 3. The Morgan fingerprint density at radius 1 is 1.08 bits per heavy atom. The monoisotopic (exact) mass is 347 g/mol. The number of aliphatic hydroxyl groups excluding tert-OH is 2. The average molecular weight is 347 g/mol. The number of piperidine rings is 1. The van der Waals surface area contributed by atoms with Gasteiger partial charge in [0.25, 0.3) is 0 Å². The summed E-state index contributed by atoms with van der Waals surface area (Å²) in [5.74, 6) is 1.42. The zero-order valence-electron chi connectivity index (χ0n) is 15.6. The second-order valence-corrected chi connectivity index (χ2v) is 10.8. The Morgan fingerprint density at radius 2 is 1.88 bits per heavy atom. The standard InChI is InChI=1S/C21H33NO3/c1-3-22-10-19(2)6-5-15(23)21-12-8-11-4-7-20(25,16(12)17(11)24)13(18(21)22)9-14(19)21/h11-18,23-25H,3-10H2,1-2H3/t11-,12+,13?,14+,15-,16+,17-,18+,19-,20-,21?/m0/s1. The molecule has 1 saturated heterocycles. The summed E-state index contributed by atoms with van der Waals surface area (Å²) < 4.78 is 0. The van der Waals surface area contributed by atoms with Crippen LogP contribution in [0.5, 0.6) is 0 Å². The molecule has 0 aromatic heterocycles. The van der Waals surface area contributed by atoms with Gasteiger partial charge in [-0.2, -0.15) is 0 Å². The molecule has 4 heteroatoms. The summed E-state index contributed by atoms with van der Waals surface area (Å²) >= 11 is 0. The van der Waals surface area contributed by atoms with Crippen LogP contribution in [0.25, 0.3) is 0 Å². The SMILES string of the molecule is CCN1C[C@]2(C)CC[C@H](O)C34[C@@H]5C[C@@H]6CC[C@](O)(C(C[C@@H]32)[C@@H]14)[C@H]5[C@H]6O. The van der Waals surface area contributed by atoms with Gasteiger partial charge in [0.2, 0.25) is 0 Å². The Kier molecular flexibility index (Phi) is 2.82. The molecule has 6 fully saturated rings. The van der Waals surface area contributed by atoms with Gasteiger partial charge in [-0.1, -0.05) is 13.8 Å².